The van der Waals surface area contributed by atoms with Crippen LogP contribution in [0.2, 0.25) is 0 Å². The molecule has 0 unspecified atom stereocenters. The van der Waals surface area contributed by atoms with Crippen molar-refractivity contribution in [1.29, 1.82) is 0 Å². The van der Waals surface area contributed by atoms with Gasteiger partial charge in [0.25, 0.3) is 5.91 Å². The highest BCUT2D eigenvalue weighted by Crippen LogP contribution is 2.20. The lowest BCUT2D eigenvalue weighted by atomic mass is 9.95. The van der Waals surface area contributed by atoms with Crippen molar-refractivity contribution in [3.8, 4) is 0 Å². The molecule has 4 N–H and O–H groups in total. The molecule has 0 heterocycles. The van der Waals surface area contributed by atoms with Crippen LogP contribution < -0.4 is 16.4 Å². The Labute approximate surface area is 138 Å². The minimum absolute atomic E-state index is 0. The number of rotatable bonds is 6. The van der Waals surface area contributed by atoms with E-state index in [1.807, 2.05) is 20.8 Å². The van der Waals surface area contributed by atoms with Crippen LogP contribution in [0.3, 0.4) is 0 Å². The fourth-order valence-electron chi connectivity index (χ4n) is 1.67. The summed E-state index contributed by atoms with van der Waals surface area (Å²) in [4.78, 5) is 24.2. The fraction of sp³-hybridized carbons (Fsp3) is 0.500. The minimum Gasteiger partial charge on any atom is -0.352 e. The first kappa shape index (κ1) is 20.4. The van der Waals surface area contributed by atoms with Crippen molar-refractivity contribution in [2.45, 2.75) is 33.6 Å². The van der Waals surface area contributed by atoms with Gasteiger partial charge in [-0.1, -0.05) is 32.9 Å². The van der Waals surface area contributed by atoms with Crippen molar-refractivity contribution >= 4 is 29.9 Å². The molecule has 5 nitrogen and oxygen atoms in total. The Bertz CT molecular complexity index is 498. The third kappa shape index (κ3) is 6.45. The number of hydrogen-bond donors (Lipinski definition) is 3. The summed E-state index contributed by atoms with van der Waals surface area (Å²) in [7, 11) is 0. The van der Waals surface area contributed by atoms with E-state index in [2.05, 4.69) is 10.6 Å². The zero-order valence-corrected chi connectivity index (χ0v) is 14.3. The number of nitrogens with one attached hydrogen (secondary N) is 2. The predicted molar refractivity (Wildman–Crippen MR) is 92.4 cm³/mol. The number of benzene rings is 1. The Morgan fingerprint density at radius 1 is 1.14 bits per heavy atom. The predicted octanol–water partition coefficient (Wildman–Crippen LogP) is 2.56. The molecule has 22 heavy (non-hydrogen) atoms. The van der Waals surface area contributed by atoms with Gasteiger partial charge < -0.3 is 16.4 Å². The van der Waals surface area contributed by atoms with E-state index in [-0.39, 0.29) is 24.2 Å². The molecule has 0 atom stereocenters. The molecular weight excluding hydrogens is 302 g/mol. The molecule has 0 aliphatic carbocycles. The van der Waals surface area contributed by atoms with Crippen LogP contribution in [0, 0.1) is 5.41 Å². The molecule has 1 aromatic rings. The van der Waals surface area contributed by atoms with Gasteiger partial charge in [0.2, 0.25) is 5.91 Å². The van der Waals surface area contributed by atoms with Crippen molar-refractivity contribution in [3.05, 3.63) is 29.8 Å². The summed E-state index contributed by atoms with van der Waals surface area (Å²) in [6.07, 6.45) is 1.72. The Kier molecular flexibility index (Phi) is 8.75. The maximum Gasteiger partial charge on any atom is 0.253 e. The van der Waals surface area contributed by atoms with Crippen molar-refractivity contribution in [1.82, 2.24) is 5.32 Å². The van der Waals surface area contributed by atoms with Crippen LogP contribution in [0.5, 0.6) is 0 Å². The zero-order chi connectivity index (χ0) is 15.9. The van der Waals surface area contributed by atoms with Gasteiger partial charge in [-0.15, -0.1) is 12.4 Å². The summed E-state index contributed by atoms with van der Waals surface area (Å²) < 4.78 is 0. The SMILES string of the molecule is CC(C)(C)C(=O)Nc1ccccc1C(=O)NCCCCN.Cl. The molecule has 6 heteroatoms. The quantitative estimate of drug-likeness (QED) is 0.702. The van der Waals surface area contributed by atoms with Crippen LogP contribution in [0.15, 0.2) is 24.3 Å². The monoisotopic (exact) mass is 327 g/mol. The molecule has 0 radical (unpaired) electrons. The van der Waals surface area contributed by atoms with Gasteiger partial charge in [-0.05, 0) is 31.5 Å². The maximum absolute atomic E-state index is 12.2. The number of carbonyl (C=O) groups excluding carboxylic acids is 2. The molecule has 0 bridgehead atoms. The summed E-state index contributed by atoms with van der Waals surface area (Å²) in [6, 6.07) is 7.01. The number of amides is 2. The number of hydrogen-bond acceptors (Lipinski definition) is 3. The topological polar surface area (TPSA) is 84.2 Å². The lowest BCUT2D eigenvalue weighted by Gasteiger charge is -2.19. The first-order valence-electron chi connectivity index (χ1n) is 7.25. The molecule has 0 saturated heterocycles. The van der Waals surface area contributed by atoms with E-state index in [1.165, 1.54) is 0 Å². The van der Waals surface area contributed by atoms with E-state index in [1.54, 1.807) is 24.3 Å². The molecule has 124 valence electrons. The van der Waals surface area contributed by atoms with Crippen molar-refractivity contribution in [2.75, 3.05) is 18.4 Å². The average molecular weight is 328 g/mol. The lowest BCUT2D eigenvalue weighted by Crippen LogP contribution is -2.30. The number of para-hydroxylation sites is 1. The van der Waals surface area contributed by atoms with E-state index in [9.17, 15) is 9.59 Å². The maximum atomic E-state index is 12.2. The van der Waals surface area contributed by atoms with E-state index in [0.717, 1.165) is 12.8 Å². The number of anilines is 1. The highest BCUT2D eigenvalue weighted by molar-refractivity contribution is 6.04. The molecule has 0 saturated carbocycles. The molecule has 2 amide bonds. The van der Waals surface area contributed by atoms with Crippen LogP contribution in [-0.4, -0.2) is 24.9 Å². The molecule has 1 aromatic carbocycles. The Balaban J connectivity index is 0.00000441. The van der Waals surface area contributed by atoms with E-state index in [0.29, 0.717) is 24.3 Å². The summed E-state index contributed by atoms with van der Waals surface area (Å²) >= 11 is 0. The van der Waals surface area contributed by atoms with E-state index < -0.39 is 5.41 Å². The number of carbonyl (C=O) groups is 2. The molecule has 1 rings (SSSR count). The number of nitrogens with two attached hydrogens (primary N) is 1. The van der Waals surface area contributed by atoms with Crippen molar-refractivity contribution in [2.24, 2.45) is 11.1 Å². The van der Waals surface area contributed by atoms with Gasteiger partial charge >= 0.3 is 0 Å². The van der Waals surface area contributed by atoms with Gasteiger partial charge in [0, 0.05) is 12.0 Å². The van der Waals surface area contributed by atoms with Crippen LogP contribution in [-0.2, 0) is 4.79 Å². The molecule has 0 aliphatic rings. The average Bonchev–Trinajstić information content (AvgIpc) is 2.43. The summed E-state index contributed by atoms with van der Waals surface area (Å²) in [5.74, 6) is -0.303. The lowest BCUT2D eigenvalue weighted by molar-refractivity contribution is -0.123. The molecular formula is C16H26ClN3O2. The Hall–Kier alpha value is -1.59. The van der Waals surface area contributed by atoms with Gasteiger partial charge in [0.1, 0.15) is 0 Å². The third-order valence-corrected chi connectivity index (χ3v) is 3.02. The summed E-state index contributed by atoms with van der Waals surface area (Å²) in [5, 5.41) is 5.65. The van der Waals surface area contributed by atoms with Crippen LogP contribution in [0.25, 0.3) is 0 Å². The van der Waals surface area contributed by atoms with Crippen molar-refractivity contribution in [3.63, 3.8) is 0 Å². The standard InChI is InChI=1S/C16H25N3O2.ClH/c1-16(2,3)15(21)19-13-9-5-4-8-12(13)14(20)18-11-7-6-10-17;/h4-5,8-9H,6-7,10-11,17H2,1-3H3,(H,18,20)(H,19,21);1H. The highest BCUT2D eigenvalue weighted by atomic mass is 35.5. The third-order valence-electron chi connectivity index (χ3n) is 3.02. The number of unbranched alkanes of at least 4 members (excludes halogenated alkanes) is 1. The second-order valence-electron chi connectivity index (χ2n) is 6.00. The fourth-order valence-corrected chi connectivity index (χ4v) is 1.67. The van der Waals surface area contributed by atoms with Gasteiger partial charge in [-0.2, -0.15) is 0 Å². The Morgan fingerprint density at radius 3 is 2.36 bits per heavy atom. The zero-order valence-electron chi connectivity index (χ0n) is 13.4. The highest BCUT2D eigenvalue weighted by Gasteiger charge is 2.22. The van der Waals surface area contributed by atoms with Gasteiger partial charge in [0.15, 0.2) is 0 Å². The van der Waals surface area contributed by atoms with Crippen LogP contribution in [0.4, 0.5) is 5.69 Å². The largest absolute Gasteiger partial charge is 0.352 e. The Morgan fingerprint density at radius 2 is 1.77 bits per heavy atom. The van der Waals surface area contributed by atoms with Crippen LogP contribution in [0.1, 0.15) is 44.0 Å². The summed E-state index contributed by atoms with van der Waals surface area (Å²) in [6.45, 7) is 6.69. The smallest absolute Gasteiger partial charge is 0.253 e. The minimum atomic E-state index is -0.509. The second kappa shape index (κ2) is 9.43. The molecule has 0 fully saturated rings. The van der Waals surface area contributed by atoms with Gasteiger partial charge in [0.05, 0.1) is 11.3 Å². The van der Waals surface area contributed by atoms with E-state index in [4.69, 9.17) is 5.73 Å². The normalized spacial score (nSPS) is 10.5. The second-order valence-corrected chi connectivity index (χ2v) is 6.00. The summed E-state index contributed by atoms with van der Waals surface area (Å²) in [5.41, 5.74) is 5.92. The molecule has 0 aliphatic heterocycles. The van der Waals surface area contributed by atoms with Gasteiger partial charge in [-0.3, -0.25) is 9.59 Å². The van der Waals surface area contributed by atoms with Gasteiger partial charge in [-0.25, -0.2) is 0 Å². The first-order chi connectivity index (χ1) is 9.86. The molecule has 0 spiro atoms. The van der Waals surface area contributed by atoms with E-state index >= 15 is 0 Å². The first-order valence-corrected chi connectivity index (χ1v) is 7.25. The molecule has 0 aromatic heterocycles. The number of halogens is 1. The van der Waals surface area contributed by atoms with Crippen LogP contribution >= 0.6 is 12.4 Å². The van der Waals surface area contributed by atoms with Crippen molar-refractivity contribution < 1.29 is 9.59 Å².